The minimum absolute atomic E-state index is 0.180. The number of carbonyl (C=O) groups is 1. The lowest BCUT2D eigenvalue weighted by Gasteiger charge is -2.37. The number of likely N-dealkylation sites (tertiary alicyclic amines) is 1. The Morgan fingerprint density at radius 3 is 2.14 bits per heavy atom. The number of amides is 1. The fourth-order valence-electron chi connectivity index (χ4n) is 4.47. The van der Waals surface area contributed by atoms with E-state index in [4.69, 9.17) is 0 Å². The van der Waals surface area contributed by atoms with Crippen molar-refractivity contribution in [2.24, 2.45) is 0 Å². The largest absolute Gasteiger partial charge is 0.393 e. The Balaban J connectivity index is 1.47. The second-order valence-electron chi connectivity index (χ2n) is 7.17. The highest BCUT2D eigenvalue weighted by atomic mass is 16.3. The minimum Gasteiger partial charge on any atom is -0.393 e. The Morgan fingerprint density at radius 1 is 0.952 bits per heavy atom. The number of aliphatic hydroxyl groups excluding tert-OH is 1. The molecule has 2 bridgehead atoms. The summed E-state index contributed by atoms with van der Waals surface area (Å²) in [5.74, 6) is 0.330. The third-order valence-electron chi connectivity index (χ3n) is 5.59. The molecule has 120 valence electrons. The molecule has 3 atom stereocenters. The van der Waals surface area contributed by atoms with Crippen LogP contribution in [0.3, 0.4) is 0 Å². The molecule has 3 saturated heterocycles. The minimum atomic E-state index is -0.180. The summed E-state index contributed by atoms with van der Waals surface area (Å²) in [4.78, 5) is 17.2. The van der Waals surface area contributed by atoms with Crippen LogP contribution in [-0.4, -0.2) is 58.6 Å². The van der Waals surface area contributed by atoms with Crippen molar-refractivity contribution in [3.63, 3.8) is 0 Å². The molecule has 3 aliphatic heterocycles. The predicted molar refractivity (Wildman–Crippen MR) is 83.0 cm³/mol. The molecule has 1 amide bonds. The molecule has 4 heteroatoms. The molecule has 1 N–H and O–H groups in total. The maximum absolute atomic E-state index is 12.6. The van der Waals surface area contributed by atoms with Crippen LogP contribution in [0, 0.1) is 0 Å². The van der Waals surface area contributed by atoms with Crippen LogP contribution in [0.15, 0.2) is 0 Å². The molecule has 0 spiro atoms. The molecule has 0 saturated carbocycles. The Kier molecular flexibility index (Phi) is 5.17. The Bertz CT molecular complexity index is 339. The molecule has 0 aromatic rings. The zero-order chi connectivity index (χ0) is 14.7. The first kappa shape index (κ1) is 15.3. The fourth-order valence-corrected chi connectivity index (χ4v) is 4.47. The van der Waals surface area contributed by atoms with Gasteiger partial charge in [-0.25, -0.2) is 0 Å². The number of rotatable bonds is 3. The molecular weight excluding hydrogens is 264 g/mol. The average Bonchev–Trinajstić information content (AvgIpc) is 2.69. The van der Waals surface area contributed by atoms with Gasteiger partial charge in [0.25, 0.3) is 0 Å². The van der Waals surface area contributed by atoms with Crippen LogP contribution in [-0.2, 0) is 4.79 Å². The van der Waals surface area contributed by atoms with Crippen LogP contribution in [0.4, 0.5) is 0 Å². The number of fused-ring (bicyclic) bond motifs is 2. The van der Waals surface area contributed by atoms with Crippen LogP contribution >= 0.6 is 0 Å². The summed E-state index contributed by atoms with van der Waals surface area (Å²) in [6.45, 7) is 3.26. The zero-order valence-corrected chi connectivity index (χ0v) is 13.2. The van der Waals surface area contributed by atoms with Gasteiger partial charge in [-0.05, 0) is 51.6 Å². The SMILES string of the molecule is O=C(CCN1CCCCCCC1)N1[C@@H]2CC[C@H]1CC(O)C2. The van der Waals surface area contributed by atoms with E-state index in [1.165, 1.54) is 45.2 Å². The first-order valence-corrected chi connectivity index (χ1v) is 8.95. The third kappa shape index (κ3) is 3.78. The highest BCUT2D eigenvalue weighted by Gasteiger charge is 2.42. The lowest BCUT2D eigenvalue weighted by atomic mass is 9.99. The Hall–Kier alpha value is -0.610. The van der Waals surface area contributed by atoms with Gasteiger partial charge in [-0.15, -0.1) is 0 Å². The van der Waals surface area contributed by atoms with Crippen molar-refractivity contribution >= 4 is 5.91 Å². The summed E-state index contributed by atoms with van der Waals surface area (Å²) < 4.78 is 0. The maximum Gasteiger partial charge on any atom is 0.224 e. The van der Waals surface area contributed by atoms with Crippen LogP contribution in [0.25, 0.3) is 0 Å². The lowest BCUT2D eigenvalue weighted by molar-refractivity contribution is -0.137. The molecule has 21 heavy (non-hydrogen) atoms. The van der Waals surface area contributed by atoms with E-state index in [-0.39, 0.29) is 6.10 Å². The summed E-state index contributed by atoms with van der Waals surface area (Å²) in [5, 5.41) is 9.84. The van der Waals surface area contributed by atoms with Gasteiger partial charge in [0.1, 0.15) is 0 Å². The summed E-state index contributed by atoms with van der Waals surface area (Å²) >= 11 is 0. The van der Waals surface area contributed by atoms with Crippen molar-refractivity contribution in [2.45, 2.75) is 82.4 Å². The molecule has 3 heterocycles. The first-order valence-electron chi connectivity index (χ1n) is 8.95. The van der Waals surface area contributed by atoms with Crippen molar-refractivity contribution < 1.29 is 9.90 Å². The number of piperidine rings is 1. The smallest absolute Gasteiger partial charge is 0.224 e. The molecule has 0 radical (unpaired) electrons. The van der Waals surface area contributed by atoms with E-state index in [1.54, 1.807) is 0 Å². The van der Waals surface area contributed by atoms with Gasteiger partial charge < -0.3 is 14.9 Å². The van der Waals surface area contributed by atoms with Crippen LogP contribution in [0.5, 0.6) is 0 Å². The molecule has 3 rings (SSSR count). The van der Waals surface area contributed by atoms with E-state index < -0.39 is 0 Å². The molecule has 0 aliphatic carbocycles. The number of aliphatic hydroxyl groups is 1. The van der Waals surface area contributed by atoms with Gasteiger partial charge in [0.05, 0.1) is 6.10 Å². The third-order valence-corrected chi connectivity index (χ3v) is 5.59. The van der Waals surface area contributed by atoms with Crippen molar-refractivity contribution in [1.29, 1.82) is 0 Å². The second-order valence-corrected chi connectivity index (χ2v) is 7.17. The fraction of sp³-hybridized carbons (Fsp3) is 0.941. The molecule has 0 aromatic carbocycles. The first-order chi connectivity index (χ1) is 10.2. The van der Waals surface area contributed by atoms with Gasteiger partial charge in [-0.3, -0.25) is 4.79 Å². The highest BCUT2D eigenvalue weighted by Crippen LogP contribution is 2.36. The van der Waals surface area contributed by atoms with Crippen molar-refractivity contribution in [3.05, 3.63) is 0 Å². The van der Waals surface area contributed by atoms with Gasteiger partial charge in [0.15, 0.2) is 0 Å². The monoisotopic (exact) mass is 294 g/mol. The molecule has 4 nitrogen and oxygen atoms in total. The van der Waals surface area contributed by atoms with Crippen LogP contribution in [0.1, 0.15) is 64.2 Å². The number of hydrogen-bond donors (Lipinski definition) is 1. The summed E-state index contributed by atoms with van der Waals surface area (Å²) in [5.41, 5.74) is 0. The van der Waals surface area contributed by atoms with E-state index in [1.807, 2.05) is 0 Å². The molecular formula is C17H30N2O2. The highest BCUT2D eigenvalue weighted by molar-refractivity contribution is 5.77. The van der Waals surface area contributed by atoms with Gasteiger partial charge in [-0.2, -0.15) is 0 Å². The molecule has 3 aliphatic rings. The van der Waals surface area contributed by atoms with Crippen LogP contribution in [0.2, 0.25) is 0 Å². The summed E-state index contributed by atoms with van der Waals surface area (Å²) in [6.07, 6.45) is 10.9. The number of hydrogen-bond acceptors (Lipinski definition) is 3. The lowest BCUT2D eigenvalue weighted by Crippen LogP contribution is -2.48. The van der Waals surface area contributed by atoms with Gasteiger partial charge in [-0.1, -0.05) is 19.3 Å². The van der Waals surface area contributed by atoms with Gasteiger partial charge >= 0.3 is 0 Å². The summed E-state index contributed by atoms with van der Waals surface area (Å²) in [6, 6.07) is 0.636. The maximum atomic E-state index is 12.6. The average molecular weight is 294 g/mol. The quantitative estimate of drug-likeness (QED) is 0.867. The molecule has 1 unspecified atom stereocenters. The van der Waals surface area contributed by atoms with E-state index >= 15 is 0 Å². The van der Waals surface area contributed by atoms with Crippen LogP contribution < -0.4 is 0 Å². The standard InChI is InChI=1S/C17H30N2O2/c20-16-12-14-6-7-15(13-16)19(14)17(21)8-11-18-9-4-2-1-3-5-10-18/h14-16,20H,1-13H2/t14-,15+,16?. The number of carbonyl (C=O) groups excluding carboxylic acids is 1. The Labute approximate surface area is 128 Å². The van der Waals surface area contributed by atoms with Gasteiger partial charge in [0, 0.05) is 25.0 Å². The zero-order valence-electron chi connectivity index (χ0n) is 13.2. The predicted octanol–water partition coefficient (Wildman–Crippen LogP) is 2.16. The second kappa shape index (κ2) is 7.10. The normalized spacial score (nSPS) is 34.5. The van der Waals surface area contributed by atoms with Gasteiger partial charge in [0.2, 0.25) is 5.91 Å². The Morgan fingerprint density at radius 2 is 1.52 bits per heavy atom. The van der Waals surface area contributed by atoms with E-state index in [9.17, 15) is 9.90 Å². The van der Waals surface area contributed by atoms with E-state index in [0.717, 1.165) is 32.2 Å². The van der Waals surface area contributed by atoms with E-state index in [2.05, 4.69) is 9.80 Å². The van der Waals surface area contributed by atoms with E-state index in [0.29, 0.717) is 24.4 Å². The summed E-state index contributed by atoms with van der Waals surface area (Å²) in [7, 11) is 0. The van der Waals surface area contributed by atoms with Crippen molar-refractivity contribution in [2.75, 3.05) is 19.6 Å². The number of nitrogens with zero attached hydrogens (tertiary/aromatic N) is 2. The van der Waals surface area contributed by atoms with Crippen molar-refractivity contribution in [3.8, 4) is 0 Å². The topological polar surface area (TPSA) is 43.8 Å². The molecule has 3 fully saturated rings. The van der Waals surface area contributed by atoms with Crippen molar-refractivity contribution in [1.82, 2.24) is 9.80 Å². The molecule has 0 aromatic heterocycles.